The average molecular weight is 259 g/mol. The largest absolute Gasteiger partial charge is 0.396 e. The molecule has 2 atom stereocenters. The summed E-state index contributed by atoms with van der Waals surface area (Å²) in [6.07, 6.45) is -0.0440. The Kier molecular flexibility index (Phi) is 4.58. The molecule has 0 aliphatic rings. The number of methoxy groups -OCH3 is 1. The number of aliphatic hydroxyl groups excluding tert-OH is 1. The van der Waals surface area contributed by atoms with E-state index in [1.165, 1.54) is 0 Å². The van der Waals surface area contributed by atoms with Crippen molar-refractivity contribution in [1.29, 1.82) is 0 Å². The number of ether oxygens (including phenoxy) is 1. The molecule has 0 heterocycles. The number of benzene rings is 1. The van der Waals surface area contributed by atoms with Crippen LogP contribution in [-0.2, 0) is 4.74 Å². The minimum Gasteiger partial charge on any atom is -0.396 e. The summed E-state index contributed by atoms with van der Waals surface area (Å²) in [4.78, 5) is 0. The highest BCUT2D eigenvalue weighted by Gasteiger charge is 2.17. The summed E-state index contributed by atoms with van der Waals surface area (Å²) in [7, 11) is 1.66. The first-order valence-electron chi connectivity index (χ1n) is 4.58. The van der Waals surface area contributed by atoms with Crippen LogP contribution in [0, 0.1) is 5.92 Å². The van der Waals surface area contributed by atoms with Gasteiger partial charge < -0.3 is 9.84 Å². The maximum absolute atomic E-state index is 9.08. The van der Waals surface area contributed by atoms with Crippen LogP contribution < -0.4 is 0 Å². The molecular formula is C11H15BrO2. The van der Waals surface area contributed by atoms with Crippen LogP contribution in [0.5, 0.6) is 0 Å². The normalized spacial score (nSPS) is 15.1. The van der Waals surface area contributed by atoms with Crippen LogP contribution in [-0.4, -0.2) is 18.8 Å². The van der Waals surface area contributed by atoms with E-state index in [2.05, 4.69) is 15.9 Å². The maximum atomic E-state index is 9.08. The summed E-state index contributed by atoms with van der Waals surface area (Å²) in [5, 5.41) is 9.08. The Hall–Kier alpha value is -0.380. The van der Waals surface area contributed by atoms with Crippen LogP contribution in [0.4, 0.5) is 0 Å². The van der Waals surface area contributed by atoms with E-state index in [0.717, 1.165) is 10.0 Å². The molecule has 78 valence electrons. The molecule has 0 saturated heterocycles. The van der Waals surface area contributed by atoms with E-state index in [0.29, 0.717) is 0 Å². The fourth-order valence-corrected chi connectivity index (χ4v) is 1.89. The van der Waals surface area contributed by atoms with Crippen molar-refractivity contribution in [2.24, 2.45) is 5.92 Å². The van der Waals surface area contributed by atoms with Crippen LogP contribution >= 0.6 is 15.9 Å². The molecule has 0 bridgehead atoms. The van der Waals surface area contributed by atoms with Gasteiger partial charge in [0, 0.05) is 24.1 Å². The summed E-state index contributed by atoms with van der Waals surface area (Å²) in [5.41, 5.74) is 1.09. The molecule has 0 radical (unpaired) electrons. The van der Waals surface area contributed by atoms with E-state index in [4.69, 9.17) is 9.84 Å². The van der Waals surface area contributed by atoms with Gasteiger partial charge in [0.15, 0.2) is 0 Å². The van der Waals surface area contributed by atoms with E-state index < -0.39 is 0 Å². The smallest absolute Gasteiger partial charge is 0.0868 e. The monoisotopic (exact) mass is 258 g/mol. The van der Waals surface area contributed by atoms with E-state index in [1.807, 2.05) is 31.2 Å². The number of hydrogen-bond donors (Lipinski definition) is 1. The molecule has 3 heteroatoms. The van der Waals surface area contributed by atoms with Crippen LogP contribution in [0.1, 0.15) is 18.6 Å². The van der Waals surface area contributed by atoms with Gasteiger partial charge in [-0.3, -0.25) is 0 Å². The van der Waals surface area contributed by atoms with Crippen molar-refractivity contribution in [2.75, 3.05) is 13.7 Å². The van der Waals surface area contributed by atoms with Crippen LogP contribution in [0.15, 0.2) is 28.7 Å². The van der Waals surface area contributed by atoms with Crippen molar-refractivity contribution in [3.05, 3.63) is 34.3 Å². The lowest BCUT2D eigenvalue weighted by molar-refractivity contribution is 0.0328. The van der Waals surface area contributed by atoms with Gasteiger partial charge in [-0.15, -0.1) is 0 Å². The standard InChI is InChI=1S/C11H15BrO2/c1-8(7-13)11(14-2)9-4-3-5-10(12)6-9/h3-6,8,11,13H,7H2,1-2H3/t8-,11-/m0/s1. The van der Waals surface area contributed by atoms with Gasteiger partial charge in [0.1, 0.15) is 0 Å². The van der Waals surface area contributed by atoms with Gasteiger partial charge in [-0.05, 0) is 17.7 Å². The average Bonchev–Trinajstić information content (AvgIpc) is 2.19. The highest BCUT2D eigenvalue weighted by atomic mass is 79.9. The van der Waals surface area contributed by atoms with Crippen molar-refractivity contribution in [1.82, 2.24) is 0 Å². The Morgan fingerprint density at radius 1 is 1.50 bits per heavy atom. The number of halogens is 1. The minimum atomic E-state index is -0.0440. The third kappa shape index (κ3) is 2.80. The maximum Gasteiger partial charge on any atom is 0.0868 e. The van der Waals surface area contributed by atoms with Gasteiger partial charge in [0.2, 0.25) is 0 Å². The van der Waals surface area contributed by atoms with Crippen LogP contribution in [0.3, 0.4) is 0 Å². The molecule has 0 aliphatic heterocycles. The summed E-state index contributed by atoms with van der Waals surface area (Å²) >= 11 is 3.41. The molecule has 14 heavy (non-hydrogen) atoms. The quantitative estimate of drug-likeness (QED) is 0.900. The van der Waals surface area contributed by atoms with Gasteiger partial charge in [-0.25, -0.2) is 0 Å². The van der Waals surface area contributed by atoms with Gasteiger partial charge >= 0.3 is 0 Å². The van der Waals surface area contributed by atoms with E-state index in [9.17, 15) is 0 Å². The second-order valence-corrected chi connectivity index (χ2v) is 4.29. The molecular weight excluding hydrogens is 244 g/mol. The molecule has 1 aromatic rings. The fourth-order valence-electron chi connectivity index (χ4n) is 1.48. The summed E-state index contributed by atoms with van der Waals surface area (Å²) < 4.78 is 6.39. The highest BCUT2D eigenvalue weighted by molar-refractivity contribution is 9.10. The highest BCUT2D eigenvalue weighted by Crippen LogP contribution is 2.26. The van der Waals surface area contributed by atoms with Crippen molar-refractivity contribution in [3.8, 4) is 0 Å². The first kappa shape index (κ1) is 11.7. The molecule has 0 fully saturated rings. The Bertz CT molecular complexity index is 288. The van der Waals surface area contributed by atoms with Gasteiger partial charge in [0.25, 0.3) is 0 Å². The van der Waals surface area contributed by atoms with Crippen LogP contribution in [0.25, 0.3) is 0 Å². The molecule has 1 rings (SSSR count). The SMILES string of the molecule is CO[C@H](c1cccc(Br)c1)[C@@H](C)CO. The second-order valence-electron chi connectivity index (χ2n) is 3.37. The fraction of sp³-hybridized carbons (Fsp3) is 0.455. The molecule has 0 saturated carbocycles. The first-order valence-corrected chi connectivity index (χ1v) is 5.37. The van der Waals surface area contributed by atoms with E-state index in [-0.39, 0.29) is 18.6 Å². The summed E-state index contributed by atoms with van der Waals surface area (Å²) in [5.74, 6) is 0.106. The number of aliphatic hydroxyl groups is 1. The lowest BCUT2D eigenvalue weighted by Crippen LogP contribution is -2.15. The molecule has 1 aromatic carbocycles. The van der Waals surface area contributed by atoms with Crippen molar-refractivity contribution in [3.63, 3.8) is 0 Å². The third-order valence-electron chi connectivity index (χ3n) is 2.24. The van der Waals surface area contributed by atoms with Crippen molar-refractivity contribution < 1.29 is 9.84 Å². The molecule has 0 aliphatic carbocycles. The van der Waals surface area contributed by atoms with Gasteiger partial charge in [0.05, 0.1) is 6.10 Å². The molecule has 1 N–H and O–H groups in total. The van der Waals surface area contributed by atoms with Crippen molar-refractivity contribution in [2.45, 2.75) is 13.0 Å². The summed E-state index contributed by atoms with van der Waals surface area (Å²) in [6, 6.07) is 7.96. The zero-order chi connectivity index (χ0) is 10.6. The predicted molar refractivity (Wildman–Crippen MR) is 60.1 cm³/mol. The lowest BCUT2D eigenvalue weighted by Gasteiger charge is -2.21. The minimum absolute atomic E-state index is 0.0440. The molecule has 0 aromatic heterocycles. The lowest BCUT2D eigenvalue weighted by atomic mass is 9.98. The second kappa shape index (κ2) is 5.49. The Balaban J connectivity index is 2.89. The molecule has 2 nitrogen and oxygen atoms in total. The van der Waals surface area contributed by atoms with Gasteiger partial charge in [-0.1, -0.05) is 35.0 Å². The Labute approximate surface area is 93.0 Å². The molecule has 0 spiro atoms. The Morgan fingerprint density at radius 2 is 2.21 bits per heavy atom. The van der Waals surface area contributed by atoms with E-state index in [1.54, 1.807) is 7.11 Å². The first-order chi connectivity index (χ1) is 6.69. The topological polar surface area (TPSA) is 29.5 Å². The zero-order valence-corrected chi connectivity index (χ0v) is 9.99. The third-order valence-corrected chi connectivity index (χ3v) is 2.73. The molecule has 0 amide bonds. The summed E-state index contributed by atoms with van der Waals surface area (Å²) in [6.45, 7) is 2.10. The number of hydrogen-bond acceptors (Lipinski definition) is 2. The molecule has 0 unspecified atom stereocenters. The predicted octanol–water partition coefficient (Wildman–Crippen LogP) is 2.77. The Morgan fingerprint density at radius 3 is 2.71 bits per heavy atom. The van der Waals surface area contributed by atoms with Gasteiger partial charge in [-0.2, -0.15) is 0 Å². The van der Waals surface area contributed by atoms with Crippen molar-refractivity contribution >= 4 is 15.9 Å². The number of rotatable bonds is 4. The zero-order valence-electron chi connectivity index (χ0n) is 8.40. The van der Waals surface area contributed by atoms with E-state index >= 15 is 0 Å². The van der Waals surface area contributed by atoms with Crippen LogP contribution in [0.2, 0.25) is 0 Å².